The third kappa shape index (κ3) is 3.54. The van der Waals surface area contributed by atoms with Crippen LogP contribution in [0.25, 0.3) is 0 Å². The largest absolute Gasteiger partial charge is 0.325 e. The van der Waals surface area contributed by atoms with Gasteiger partial charge in [-0.15, -0.1) is 11.8 Å². The summed E-state index contributed by atoms with van der Waals surface area (Å²) in [6, 6.07) is 7.27. The molecule has 3 nitrogen and oxygen atoms in total. The normalized spacial score (nSPS) is 12.6. The van der Waals surface area contributed by atoms with Gasteiger partial charge in [-0.25, -0.2) is 0 Å². The summed E-state index contributed by atoms with van der Waals surface area (Å²) in [5, 5.41) is 2.82. The van der Waals surface area contributed by atoms with Crippen molar-refractivity contribution in [1.29, 1.82) is 0 Å². The number of benzene rings is 1. The third-order valence-corrected chi connectivity index (χ3v) is 3.08. The second-order valence-corrected chi connectivity index (χ2v) is 4.87. The lowest BCUT2D eigenvalue weighted by Crippen LogP contribution is -2.39. The number of nitrogens with one attached hydrogen (secondary N) is 1. The van der Waals surface area contributed by atoms with Crippen molar-refractivity contribution in [3.8, 4) is 0 Å². The summed E-state index contributed by atoms with van der Waals surface area (Å²) in [7, 11) is 0. The summed E-state index contributed by atoms with van der Waals surface area (Å²) in [6.45, 7) is 3.87. The predicted octanol–water partition coefficient (Wildman–Crippen LogP) is 2.33. The Morgan fingerprint density at radius 1 is 1.44 bits per heavy atom. The van der Waals surface area contributed by atoms with E-state index in [4.69, 9.17) is 5.73 Å². The molecule has 1 aromatic carbocycles. The first-order valence-corrected chi connectivity index (χ1v) is 6.47. The average molecular weight is 238 g/mol. The Morgan fingerprint density at radius 3 is 2.69 bits per heavy atom. The van der Waals surface area contributed by atoms with Crippen LogP contribution >= 0.6 is 11.8 Å². The Balaban J connectivity index is 2.69. The summed E-state index contributed by atoms with van der Waals surface area (Å²) in [6.07, 6.45) is 2.00. The molecule has 4 heteroatoms. The molecule has 0 aromatic heterocycles. The smallest absolute Gasteiger partial charge is 0.241 e. The molecule has 0 aliphatic heterocycles. The molecule has 3 N–H and O–H groups in total. The van der Waals surface area contributed by atoms with Gasteiger partial charge < -0.3 is 11.1 Å². The number of anilines is 1. The number of hydrogen-bond donors (Lipinski definition) is 2. The summed E-state index contributed by atoms with van der Waals surface area (Å²) >= 11 is 1.64. The molecule has 1 amide bonds. The maximum atomic E-state index is 11.7. The SMILES string of the molecule is CSc1cccc(NC(=O)[C@@H](N)C(C)C)c1. The lowest BCUT2D eigenvalue weighted by atomic mass is 10.1. The van der Waals surface area contributed by atoms with E-state index in [1.54, 1.807) is 11.8 Å². The maximum absolute atomic E-state index is 11.7. The topological polar surface area (TPSA) is 55.1 Å². The number of carbonyl (C=O) groups is 1. The van der Waals surface area contributed by atoms with Gasteiger partial charge in [0.15, 0.2) is 0 Å². The van der Waals surface area contributed by atoms with Crippen LogP contribution in [0.4, 0.5) is 5.69 Å². The van der Waals surface area contributed by atoms with Gasteiger partial charge in [-0.1, -0.05) is 19.9 Å². The van der Waals surface area contributed by atoms with Crippen LogP contribution in [0.2, 0.25) is 0 Å². The Morgan fingerprint density at radius 2 is 2.12 bits per heavy atom. The summed E-state index contributed by atoms with van der Waals surface area (Å²) in [5.41, 5.74) is 6.56. The van der Waals surface area contributed by atoms with Crippen LogP contribution < -0.4 is 11.1 Å². The fourth-order valence-electron chi connectivity index (χ4n) is 1.23. The van der Waals surface area contributed by atoms with Gasteiger partial charge in [-0.05, 0) is 30.4 Å². The first-order valence-electron chi connectivity index (χ1n) is 5.25. The molecule has 0 aliphatic rings. The van der Waals surface area contributed by atoms with Crippen molar-refractivity contribution in [2.24, 2.45) is 11.7 Å². The van der Waals surface area contributed by atoms with Crippen LogP contribution in [0.3, 0.4) is 0 Å². The monoisotopic (exact) mass is 238 g/mol. The predicted molar refractivity (Wildman–Crippen MR) is 69.7 cm³/mol. The Bertz CT molecular complexity index is 366. The van der Waals surface area contributed by atoms with Gasteiger partial charge >= 0.3 is 0 Å². The number of hydrogen-bond acceptors (Lipinski definition) is 3. The summed E-state index contributed by atoms with van der Waals surface area (Å²) in [4.78, 5) is 12.8. The van der Waals surface area contributed by atoms with E-state index in [0.29, 0.717) is 0 Å². The maximum Gasteiger partial charge on any atom is 0.241 e. The van der Waals surface area contributed by atoms with E-state index in [1.807, 2.05) is 44.4 Å². The van der Waals surface area contributed by atoms with Crippen molar-refractivity contribution in [2.45, 2.75) is 24.8 Å². The number of rotatable bonds is 4. The Labute approximate surface area is 101 Å². The number of thioether (sulfide) groups is 1. The van der Waals surface area contributed by atoms with Crippen LogP contribution in [-0.2, 0) is 4.79 Å². The second kappa shape index (κ2) is 5.92. The minimum Gasteiger partial charge on any atom is -0.325 e. The van der Waals surface area contributed by atoms with Gasteiger partial charge in [0.1, 0.15) is 0 Å². The highest BCUT2D eigenvalue weighted by Crippen LogP contribution is 2.19. The van der Waals surface area contributed by atoms with E-state index >= 15 is 0 Å². The number of amides is 1. The first kappa shape index (κ1) is 13.1. The van der Waals surface area contributed by atoms with Gasteiger partial charge in [-0.2, -0.15) is 0 Å². The molecule has 16 heavy (non-hydrogen) atoms. The molecule has 0 unspecified atom stereocenters. The lowest BCUT2D eigenvalue weighted by Gasteiger charge is -2.15. The van der Waals surface area contributed by atoms with Gasteiger partial charge in [0.25, 0.3) is 0 Å². The Hall–Kier alpha value is -1.00. The molecular weight excluding hydrogens is 220 g/mol. The molecule has 0 fully saturated rings. The van der Waals surface area contributed by atoms with Crippen LogP contribution in [0.5, 0.6) is 0 Å². The minimum atomic E-state index is -0.460. The van der Waals surface area contributed by atoms with Crippen LogP contribution in [0.1, 0.15) is 13.8 Å². The number of nitrogens with two attached hydrogens (primary N) is 1. The van der Waals surface area contributed by atoms with E-state index < -0.39 is 6.04 Å². The van der Waals surface area contributed by atoms with Gasteiger partial charge in [0, 0.05) is 10.6 Å². The van der Waals surface area contributed by atoms with E-state index in [2.05, 4.69) is 5.32 Å². The first-order chi connectivity index (χ1) is 7.54. The van der Waals surface area contributed by atoms with Crippen LogP contribution in [0.15, 0.2) is 29.2 Å². The van der Waals surface area contributed by atoms with Crippen molar-refractivity contribution in [2.75, 3.05) is 11.6 Å². The number of carbonyl (C=O) groups excluding carboxylic acids is 1. The van der Waals surface area contributed by atoms with E-state index in [0.717, 1.165) is 10.6 Å². The quantitative estimate of drug-likeness (QED) is 0.792. The molecule has 0 aliphatic carbocycles. The highest BCUT2D eigenvalue weighted by atomic mass is 32.2. The van der Waals surface area contributed by atoms with Crippen molar-refractivity contribution < 1.29 is 4.79 Å². The van der Waals surface area contributed by atoms with Crippen molar-refractivity contribution in [3.63, 3.8) is 0 Å². The van der Waals surface area contributed by atoms with Gasteiger partial charge in [-0.3, -0.25) is 4.79 Å². The summed E-state index contributed by atoms with van der Waals surface area (Å²) in [5.74, 6) is 0.0111. The van der Waals surface area contributed by atoms with Gasteiger partial charge in [0.2, 0.25) is 5.91 Å². The van der Waals surface area contributed by atoms with E-state index in [-0.39, 0.29) is 11.8 Å². The van der Waals surface area contributed by atoms with Crippen molar-refractivity contribution in [1.82, 2.24) is 0 Å². The molecule has 0 radical (unpaired) electrons. The lowest BCUT2D eigenvalue weighted by molar-refractivity contribution is -0.118. The molecule has 88 valence electrons. The van der Waals surface area contributed by atoms with E-state index in [9.17, 15) is 4.79 Å². The van der Waals surface area contributed by atoms with Crippen molar-refractivity contribution >= 4 is 23.4 Å². The zero-order valence-corrected chi connectivity index (χ0v) is 10.7. The molecule has 0 saturated heterocycles. The molecule has 0 saturated carbocycles. The van der Waals surface area contributed by atoms with E-state index in [1.165, 1.54) is 0 Å². The average Bonchev–Trinajstić information content (AvgIpc) is 2.28. The van der Waals surface area contributed by atoms with Crippen molar-refractivity contribution in [3.05, 3.63) is 24.3 Å². The second-order valence-electron chi connectivity index (χ2n) is 3.99. The van der Waals surface area contributed by atoms with Crippen LogP contribution in [0, 0.1) is 5.92 Å². The standard InChI is InChI=1S/C12H18N2OS/c1-8(2)11(13)12(15)14-9-5-4-6-10(7-9)16-3/h4-8,11H,13H2,1-3H3,(H,14,15)/t11-/m0/s1. The molecular formula is C12H18N2OS. The Kier molecular flexibility index (Phi) is 4.83. The minimum absolute atomic E-state index is 0.131. The zero-order chi connectivity index (χ0) is 12.1. The highest BCUT2D eigenvalue weighted by molar-refractivity contribution is 7.98. The molecule has 1 rings (SSSR count). The van der Waals surface area contributed by atoms with Crippen LogP contribution in [-0.4, -0.2) is 18.2 Å². The fourth-order valence-corrected chi connectivity index (χ4v) is 1.69. The highest BCUT2D eigenvalue weighted by Gasteiger charge is 2.16. The molecule has 1 atom stereocenters. The third-order valence-electron chi connectivity index (χ3n) is 2.36. The van der Waals surface area contributed by atoms with Gasteiger partial charge in [0.05, 0.1) is 6.04 Å². The molecule has 1 aromatic rings. The molecule has 0 spiro atoms. The fraction of sp³-hybridized carbons (Fsp3) is 0.417. The molecule has 0 bridgehead atoms. The molecule has 0 heterocycles. The summed E-state index contributed by atoms with van der Waals surface area (Å²) < 4.78 is 0. The zero-order valence-electron chi connectivity index (χ0n) is 9.86.